The van der Waals surface area contributed by atoms with Crippen LogP contribution in [0.25, 0.3) is 0 Å². The predicted octanol–water partition coefficient (Wildman–Crippen LogP) is 2.11. The SMILES string of the molecule is Cc1[nH]cnc1CN(Cc1cnn(C)c1)CC(C)C. The Morgan fingerprint density at radius 2 is 2.16 bits per heavy atom. The van der Waals surface area contributed by atoms with Crippen LogP contribution < -0.4 is 0 Å². The van der Waals surface area contributed by atoms with Crippen molar-refractivity contribution in [2.45, 2.75) is 33.9 Å². The number of rotatable bonds is 6. The Labute approximate surface area is 114 Å². The molecule has 5 heteroatoms. The third-order valence-corrected chi connectivity index (χ3v) is 3.10. The fourth-order valence-corrected chi connectivity index (χ4v) is 2.27. The van der Waals surface area contributed by atoms with Gasteiger partial charge in [0.15, 0.2) is 0 Å². The summed E-state index contributed by atoms with van der Waals surface area (Å²) in [7, 11) is 1.95. The van der Waals surface area contributed by atoms with Crippen LogP contribution in [0.2, 0.25) is 0 Å². The molecule has 2 aromatic heterocycles. The second kappa shape index (κ2) is 6.02. The van der Waals surface area contributed by atoms with E-state index < -0.39 is 0 Å². The van der Waals surface area contributed by atoms with Crippen LogP contribution >= 0.6 is 0 Å². The van der Waals surface area contributed by atoms with Gasteiger partial charge in [0.05, 0.1) is 18.2 Å². The maximum absolute atomic E-state index is 4.39. The second-order valence-electron chi connectivity index (χ2n) is 5.56. The van der Waals surface area contributed by atoms with Crippen LogP contribution in [0.3, 0.4) is 0 Å². The van der Waals surface area contributed by atoms with E-state index in [1.54, 1.807) is 6.33 Å². The molecule has 0 radical (unpaired) electrons. The average molecular weight is 261 g/mol. The van der Waals surface area contributed by atoms with Crippen LogP contribution in [-0.2, 0) is 20.1 Å². The van der Waals surface area contributed by atoms with E-state index in [4.69, 9.17) is 0 Å². The van der Waals surface area contributed by atoms with Gasteiger partial charge in [-0.1, -0.05) is 13.8 Å². The number of hydrogen-bond acceptors (Lipinski definition) is 3. The predicted molar refractivity (Wildman–Crippen MR) is 75.5 cm³/mol. The molecule has 0 aliphatic rings. The van der Waals surface area contributed by atoms with Crippen molar-refractivity contribution in [3.05, 3.63) is 35.7 Å². The molecule has 104 valence electrons. The van der Waals surface area contributed by atoms with E-state index in [1.807, 2.05) is 17.9 Å². The summed E-state index contributed by atoms with van der Waals surface area (Å²) < 4.78 is 1.85. The Hall–Kier alpha value is -1.62. The van der Waals surface area contributed by atoms with Gasteiger partial charge in [0.25, 0.3) is 0 Å². The molecular weight excluding hydrogens is 238 g/mol. The van der Waals surface area contributed by atoms with Crippen molar-refractivity contribution in [2.24, 2.45) is 13.0 Å². The summed E-state index contributed by atoms with van der Waals surface area (Å²) in [6.07, 6.45) is 5.78. The van der Waals surface area contributed by atoms with Crippen molar-refractivity contribution < 1.29 is 0 Å². The molecule has 0 aliphatic carbocycles. The number of H-pyrrole nitrogens is 1. The van der Waals surface area contributed by atoms with Crippen molar-refractivity contribution in [1.82, 2.24) is 24.6 Å². The Bertz CT molecular complexity index is 511. The Kier molecular flexibility index (Phi) is 4.37. The molecular formula is C14H23N5. The lowest BCUT2D eigenvalue weighted by Gasteiger charge is -2.23. The summed E-state index contributed by atoms with van der Waals surface area (Å²) >= 11 is 0. The third kappa shape index (κ3) is 3.92. The molecule has 0 aliphatic heterocycles. The van der Waals surface area contributed by atoms with E-state index in [0.29, 0.717) is 5.92 Å². The number of aromatic nitrogens is 4. The number of nitrogens with zero attached hydrogens (tertiary/aromatic N) is 4. The lowest BCUT2D eigenvalue weighted by molar-refractivity contribution is 0.225. The summed E-state index contributed by atoms with van der Waals surface area (Å²) in [6.45, 7) is 9.41. The lowest BCUT2D eigenvalue weighted by atomic mass is 10.2. The molecule has 0 atom stereocenters. The second-order valence-corrected chi connectivity index (χ2v) is 5.56. The number of aryl methyl sites for hydroxylation is 2. The van der Waals surface area contributed by atoms with E-state index in [1.165, 1.54) is 5.56 Å². The molecule has 1 N–H and O–H groups in total. The first-order valence-corrected chi connectivity index (χ1v) is 6.73. The topological polar surface area (TPSA) is 49.7 Å². The first-order valence-electron chi connectivity index (χ1n) is 6.73. The number of nitrogens with one attached hydrogen (secondary N) is 1. The Morgan fingerprint density at radius 3 is 2.68 bits per heavy atom. The molecule has 2 heterocycles. The monoisotopic (exact) mass is 261 g/mol. The molecule has 5 nitrogen and oxygen atoms in total. The van der Waals surface area contributed by atoms with Crippen molar-refractivity contribution in [3.63, 3.8) is 0 Å². The summed E-state index contributed by atoms with van der Waals surface area (Å²) in [5.41, 5.74) is 3.53. The van der Waals surface area contributed by atoms with Crippen LogP contribution in [-0.4, -0.2) is 31.2 Å². The van der Waals surface area contributed by atoms with Gasteiger partial charge in [-0.15, -0.1) is 0 Å². The lowest BCUT2D eigenvalue weighted by Crippen LogP contribution is -2.27. The molecule has 0 saturated carbocycles. The first kappa shape index (κ1) is 13.8. The van der Waals surface area contributed by atoms with Gasteiger partial charge in [0.2, 0.25) is 0 Å². The summed E-state index contributed by atoms with van der Waals surface area (Å²) in [6, 6.07) is 0. The van der Waals surface area contributed by atoms with Gasteiger partial charge in [-0.25, -0.2) is 4.98 Å². The minimum atomic E-state index is 0.635. The maximum Gasteiger partial charge on any atom is 0.0925 e. The molecule has 2 aromatic rings. The third-order valence-electron chi connectivity index (χ3n) is 3.10. The van der Waals surface area contributed by atoms with Gasteiger partial charge in [-0.2, -0.15) is 5.10 Å². The van der Waals surface area contributed by atoms with E-state index in [-0.39, 0.29) is 0 Å². The van der Waals surface area contributed by atoms with Gasteiger partial charge < -0.3 is 4.98 Å². The largest absolute Gasteiger partial charge is 0.348 e. The van der Waals surface area contributed by atoms with Crippen molar-refractivity contribution >= 4 is 0 Å². The van der Waals surface area contributed by atoms with Crippen LogP contribution in [0.5, 0.6) is 0 Å². The molecule has 0 fully saturated rings. The Morgan fingerprint density at radius 1 is 1.37 bits per heavy atom. The normalized spacial score (nSPS) is 11.7. The highest BCUT2D eigenvalue weighted by atomic mass is 15.2. The van der Waals surface area contributed by atoms with Gasteiger partial charge >= 0.3 is 0 Å². The molecule has 2 rings (SSSR count). The minimum absolute atomic E-state index is 0.635. The van der Waals surface area contributed by atoms with Crippen LogP contribution in [0.4, 0.5) is 0 Å². The molecule has 0 saturated heterocycles. The van der Waals surface area contributed by atoms with E-state index in [0.717, 1.165) is 31.0 Å². The number of hydrogen-bond donors (Lipinski definition) is 1. The summed E-state index contributed by atoms with van der Waals surface area (Å²) in [5.74, 6) is 0.635. The smallest absolute Gasteiger partial charge is 0.0925 e. The molecule has 0 aromatic carbocycles. The van der Waals surface area contributed by atoms with E-state index >= 15 is 0 Å². The van der Waals surface area contributed by atoms with Crippen LogP contribution in [0.15, 0.2) is 18.7 Å². The van der Waals surface area contributed by atoms with Gasteiger partial charge in [0.1, 0.15) is 0 Å². The van der Waals surface area contributed by atoms with E-state index in [9.17, 15) is 0 Å². The number of aromatic amines is 1. The minimum Gasteiger partial charge on any atom is -0.348 e. The molecule has 0 bridgehead atoms. The number of imidazole rings is 1. The quantitative estimate of drug-likeness (QED) is 0.866. The van der Waals surface area contributed by atoms with Gasteiger partial charge in [-0.05, 0) is 12.8 Å². The zero-order valence-corrected chi connectivity index (χ0v) is 12.2. The highest BCUT2D eigenvalue weighted by Crippen LogP contribution is 2.12. The summed E-state index contributed by atoms with van der Waals surface area (Å²) in [5, 5.41) is 4.23. The molecule has 0 amide bonds. The van der Waals surface area contributed by atoms with Crippen molar-refractivity contribution in [2.75, 3.05) is 6.54 Å². The molecule has 0 unspecified atom stereocenters. The zero-order valence-electron chi connectivity index (χ0n) is 12.2. The zero-order chi connectivity index (χ0) is 13.8. The standard InChI is InChI=1S/C14H23N5/c1-11(2)6-19(8-13-5-17-18(4)7-13)9-14-12(3)15-10-16-14/h5,7,10-11H,6,8-9H2,1-4H3,(H,15,16). The highest BCUT2D eigenvalue weighted by Gasteiger charge is 2.12. The average Bonchev–Trinajstić information content (AvgIpc) is 2.88. The fourth-order valence-electron chi connectivity index (χ4n) is 2.27. The van der Waals surface area contributed by atoms with Crippen molar-refractivity contribution in [3.8, 4) is 0 Å². The van der Waals surface area contributed by atoms with Crippen LogP contribution in [0, 0.1) is 12.8 Å². The highest BCUT2D eigenvalue weighted by molar-refractivity contribution is 5.09. The Balaban J connectivity index is 2.05. The fraction of sp³-hybridized carbons (Fsp3) is 0.571. The summed E-state index contributed by atoms with van der Waals surface area (Å²) in [4.78, 5) is 9.95. The van der Waals surface area contributed by atoms with Crippen molar-refractivity contribution in [1.29, 1.82) is 0 Å². The van der Waals surface area contributed by atoms with Crippen LogP contribution in [0.1, 0.15) is 30.8 Å². The van der Waals surface area contributed by atoms with Gasteiger partial charge in [0, 0.05) is 44.1 Å². The molecule has 19 heavy (non-hydrogen) atoms. The van der Waals surface area contributed by atoms with E-state index in [2.05, 4.69) is 46.9 Å². The van der Waals surface area contributed by atoms with Gasteiger partial charge in [-0.3, -0.25) is 9.58 Å². The molecule has 0 spiro atoms. The first-order chi connectivity index (χ1) is 9.04. The maximum atomic E-state index is 4.39.